The van der Waals surface area contributed by atoms with Gasteiger partial charge < -0.3 is 10.4 Å². The highest BCUT2D eigenvalue weighted by atomic mass is 16.3. The smallest absolute Gasteiger partial charge is 0.255 e. The standard InChI is InChI=1S/C15H23NO2/c1-3-4-5-6-9-12(2)16-15(18)13-10-7-8-11-14(13)17/h7-8,10-12,17H,3-6,9H2,1-2H3,(H,16,18). The average molecular weight is 249 g/mol. The summed E-state index contributed by atoms with van der Waals surface area (Å²) in [5, 5.41) is 12.5. The van der Waals surface area contributed by atoms with Crippen molar-refractivity contribution >= 4 is 5.91 Å². The second-order valence-electron chi connectivity index (χ2n) is 4.74. The van der Waals surface area contributed by atoms with Crippen molar-refractivity contribution in [3.63, 3.8) is 0 Å². The van der Waals surface area contributed by atoms with Crippen LogP contribution in [0.25, 0.3) is 0 Å². The van der Waals surface area contributed by atoms with Gasteiger partial charge in [0.05, 0.1) is 5.56 Å². The van der Waals surface area contributed by atoms with Gasteiger partial charge in [0.25, 0.3) is 5.91 Å². The fraction of sp³-hybridized carbons (Fsp3) is 0.533. The molecule has 0 aliphatic rings. The monoisotopic (exact) mass is 249 g/mol. The SMILES string of the molecule is CCCCCCC(C)NC(=O)c1ccccc1O. The summed E-state index contributed by atoms with van der Waals surface area (Å²) in [5.41, 5.74) is 0.345. The van der Waals surface area contributed by atoms with Crippen LogP contribution in [-0.2, 0) is 0 Å². The highest BCUT2D eigenvalue weighted by molar-refractivity contribution is 5.96. The van der Waals surface area contributed by atoms with E-state index in [1.54, 1.807) is 18.2 Å². The van der Waals surface area contributed by atoms with Gasteiger partial charge in [0.15, 0.2) is 0 Å². The van der Waals surface area contributed by atoms with Crippen molar-refractivity contribution in [2.75, 3.05) is 0 Å². The molecule has 0 aliphatic heterocycles. The predicted molar refractivity (Wildman–Crippen MR) is 73.8 cm³/mol. The van der Waals surface area contributed by atoms with E-state index in [0.717, 1.165) is 12.8 Å². The Labute approximate surface area is 109 Å². The number of carbonyl (C=O) groups is 1. The number of para-hydroxylation sites is 1. The minimum atomic E-state index is -0.198. The van der Waals surface area contributed by atoms with E-state index in [4.69, 9.17) is 0 Å². The van der Waals surface area contributed by atoms with Gasteiger partial charge in [0, 0.05) is 6.04 Å². The number of aromatic hydroxyl groups is 1. The number of unbranched alkanes of at least 4 members (excludes halogenated alkanes) is 3. The molecule has 0 aliphatic carbocycles. The molecule has 0 aromatic heterocycles. The number of phenols is 1. The van der Waals surface area contributed by atoms with Gasteiger partial charge in [-0.3, -0.25) is 4.79 Å². The molecule has 0 bridgehead atoms. The molecule has 0 fully saturated rings. The topological polar surface area (TPSA) is 49.3 Å². The summed E-state index contributed by atoms with van der Waals surface area (Å²) >= 11 is 0. The van der Waals surface area contributed by atoms with E-state index in [1.165, 1.54) is 25.3 Å². The predicted octanol–water partition coefficient (Wildman–Crippen LogP) is 3.48. The first-order valence-electron chi connectivity index (χ1n) is 6.74. The van der Waals surface area contributed by atoms with Gasteiger partial charge in [-0.1, -0.05) is 44.7 Å². The zero-order chi connectivity index (χ0) is 13.4. The maximum atomic E-state index is 11.9. The van der Waals surface area contributed by atoms with Gasteiger partial charge in [-0.2, -0.15) is 0 Å². The Balaban J connectivity index is 2.38. The Morgan fingerprint density at radius 2 is 2.00 bits per heavy atom. The third-order valence-corrected chi connectivity index (χ3v) is 3.02. The van der Waals surface area contributed by atoms with Crippen LogP contribution in [0.3, 0.4) is 0 Å². The minimum Gasteiger partial charge on any atom is -0.507 e. The molecule has 0 saturated heterocycles. The molecule has 100 valence electrons. The number of nitrogens with one attached hydrogen (secondary N) is 1. The molecule has 1 unspecified atom stereocenters. The van der Waals surface area contributed by atoms with Crippen LogP contribution >= 0.6 is 0 Å². The van der Waals surface area contributed by atoms with Gasteiger partial charge >= 0.3 is 0 Å². The molecule has 1 aromatic carbocycles. The van der Waals surface area contributed by atoms with Gasteiger partial charge in [-0.25, -0.2) is 0 Å². The fourth-order valence-electron chi connectivity index (χ4n) is 1.92. The summed E-state index contributed by atoms with van der Waals surface area (Å²) < 4.78 is 0. The molecule has 0 radical (unpaired) electrons. The maximum absolute atomic E-state index is 11.9. The van der Waals surface area contributed by atoms with Gasteiger partial charge in [0.2, 0.25) is 0 Å². The van der Waals surface area contributed by atoms with E-state index < -0.39 is 0 Å². The molecular weight excluding hydrogens is 226 g/mol. The summed E-state index contributed by atoms with van der Waals surface area (Å²) in [6.45, 7) is 4.19. The molecule has 1 rings (SSSR count). The number of phenolic OH excluding ortho intramolecular Hbond substituents is 1. The number of benzene rings is 1. The highest BCUT2D eigenvalue weighted by Crippen LogP contribution is 2.15. The number of carbonyl (C=O) groups excluding carboxylic acids is 1. The van der Waals surface area contributed by atoms with Crippen LogP contribution in [0, 0.1) is 0 Å². The first-order chi connectivity index (χ1) is 8.65. The lowest BCUT2D eigenvalue weighted by Gasteiger charge is -2.14. The van der Waals surface area contributed by atoms with Crippen LogP contribution in [0.2, 0.25) is 0 Å². The number of amides is 1. The molecule has 2 N–H and O–H groups in total. The van der Waals surface area contributed by atoms with Crippen LogP contribution in [-0.4, -0.2) is 17.1 Å². The lowest BCUT2D eigenvalue weighted by Crippen LogP contribution is -2.32. The first-order valence-corrected chi connectivity index (χ1v) is 6.74. The minimum absolute atomic E-state index is 0.0354. The third kappa shape index (κ3) is 4.78. The zero-order valence-electron chi connectivity index (χ0n) is 11.3. The lowest BCUT2D eigenvalue weighted by molar-refractivity contribution is 0.0935. The van der Waals surface area contributed by atoms with Crippen LogP contribution in [0.1, 0.15) is 56.3 Å². The summed E-state index contributed by atoms with van der Waals surface area (Å²) in [6.07, 6.45) is 5.81. The molecule has 1 amide bonds. The van der Waals surface area contributed by atoms with Crippen LogP contribution in [0.15, 0.2) is 24.3 Å². The van der Waals surface area contributed by atoms with Gasteiger partial charge in [-0.15, -0.1) is 0 Å². The van der Waals surface area contributed by atoms with Crippen molar-refractivity contribution < 1.29 is 9.90 Å². The summed E-state index contributed by atoms with van der Waals surface area (Å²) in [4.78, 5) is 11.9. The largest absolute Gasteiger partial charge is 0.507 e. The molecule has 0 heterocycles. The number of hydrogen-bond donors (Lipinski definition) is 2. The summed E-state index contributed by atoms with van der Waals surface area (Å²) in [5.74, 6) is -0.163. The van der Waals surface area contributed by atoms with E-state index in [9.17, 15) is 9.90 Å². The van der Waals surface area contributed by atoms with Crippen molar-refractivity contribution in [1.82, 2.24) is 5.32 Å². The quantitative estimate of drug-likeness (QED) is 0.727. The second-order valence-corrected chi connectivity index (χ2v) is 4.74. The van der Waals surface area contributed by atoms with Crippen molar-refractivity contribution in [1.29, 1.82) is 0 Å². The summed E-state index contributed by atoms with van der Waals surface area (Å²) in [7, 11) is 0. The zero-order valence-corrected chi connectivity index (χ0v) is 11.3. The molecule has 0 spiro atoms. The van der Waals surface area contributed by atoms with E-state index in [2.05, 4.69) is 12.2 Å². The third-order valence-electron chi connectivity index (χ3n) is 3.02. The molecular formula is C15H23NO2. The molecule has 1 atom stereocenters. The van der Waals surface area contributed by atoms with Crippen molar-refractivity contribution in [2.24, 2.45) is 0 Å². The summed E-state index contributed by atoms with van der Waals surface area (Å²) in [6, 6.07) is 6.77. The molecule has 18 heavy (non-hydrogen) atoms. The molecule has 0 saturated carbocycles. The van der Waals surface area contributed by atoms with Crippen LogP contribution in [0.5, 0.6) is 5.75 Å². The normalized spacial score (nSPS) is 12.1. The second kappa shape index (κ2) is 7.75. The Hall–Kier alpha value is -1.51. The maximum Gasteiger partial charge on any atom is 0.255 e. The lowest BCUT2D eigenvalue weighted by atomic mass is 10.1. The van der Waals surface area contributed by atoms with Crippen LogP contribution < -0.4 is 5.32 Å². The highest BCUT2D eigenvalue weighted by Gasteiger charge is 2.12. The van der Waals surface area contributed by atoms with E-state index in [-0.39, 0.29) is 17.7 Å². The van der Waals surface area contributed by atoms with E-state index in [1.807, 2.05) is 6.92 Å². The first kappa shape index (κ1) is 14.6. The Morgan fingerprint density at radius 1 is 1.28 bits per heavy atom. The van der Waals surface area contributed by atoms with Gasteiger partial charge in [-0.05, 0) is 25.5 Å². The number of rotatable bonds is 7. The molecule has 3 heteroatoms. The number of hydrogen-bond acceptors (Lipinski definition) is 2. The molecule has 1 aromatic rings. The van der Waals surface area contributed by atoms with E-state index in [0.29, 0.717) is 5.56 Å². The van der Waals surface area contributed by atoms with Crippen molar-refractivity contribution in [3.05, 3.63) is 29.8 Å². The Kier molecular flexibility index (Phi) is 6.26. The van der Waals surface area contributed by atoms with Crippen molar-refractivity contribution in [3.8, 4) is 5.75 Å². The van der Waals surface area contributed by atoms with Crippen LogP contribution in [0.4, 0.5) is 0 Å². The average Bonchev–Trinajstić information content (AvgIpc) is 2.35. The fourth-order valence-corrected chi connectivity index (χ4v) is 1.92. The molecule has 3 nitrogen and oxygen atoms in total. The van der Waals surface area contributed by atoms with Crippen molar-refractivity contribution in [2.45, 2.75) is 52.0 Å². The Bertz CT molecular complexity index is 377. The van der Waals surface area contributed by atoms with E-state index >= 15 is 0 Å². The van der Waals surface area contributed by atoms with Gasteiger partial charge in [0.1, 0.15) is 5.75 Å². The Morgan fingerprint density at radius 3 is 2.67 bits per heavy atom.